The molecule has 0 N–H and O–H groups in total. The zero-order valence-electron chi connectivity index (χ0n) is 31.9. The number of rotatable bonds is 9. The molecule has 0 aliphatic carbocycles. The van der Waals surface area contributed by atoms with Gasteiger partial charge in [-0.15, -0.1) is 0 Å². The predicted molar refractivity (Wildman–Crippen MR) is 244 cm³/mol. The average molecular weight is 742 g/mol. The second-order valence-corrected chi connectivity index (χ2v) is 14.5. The zero-order valence-corrected chi connectivity index (χ0v) is 31.9. The van der Waals surface area contributed by atoms with Crippen molar-refractivity contribution in [1.82, 2.24) is 0 Å². The van der Waals surface area contributed by atoms with Crippen LogP contribution < -0.4 is 4.90 Å². The van der Waals surface area contributed by atoms with Crippen LogP contribution in [0.15, 0.2) is 241 Å². The first-order chi connectivity index (χ1) is 28.8. The maximum absolute atomic E-state index is 6.28. The summed E-state index contributed by atoms with van der Waals surface area (Å²) in [7, 11) is 0. The summed E-state index contributed by atoms with van der Waals surface area (Å²) in [6.07, 6.45) is 0. The van der Waals surface area contributed by atoms with E-state index in [9.17, 15) is 0 Å². The molecule has 1 heterocycles. The van der Waals surface area contributed by atoms with Crippen molar-refractivity contribution in [1.29, 1.82) is 0 Å². The molecule has 0 unspecified atom stereocenters. The molecule has 1 aromatic heterocycles. The van der Waals surface area contributed by atoms with Gasteiger partial charge in [-0.25, -0.2) is 0 Å². The summed E-state index contributed by atoms with van der Waals surface area (Å²) in [6, 6.07) is 84.1. The molecule has 0 saturated carbocycles. The van der Waals surface area contributed by atoms with Crippen molar-refractivity contribution in [3.05, 3.63) is 237 Å². The summed E-state index contributed by atoms with van der Waals surface area (Å²) in [5.41, 5.74) is 17.1. The molecule has 0 saturated heterocycles. The van der Waals surface area contributed by atoms with Crippen LogP contribution in [0.5, 0.6) is 0 Å². The lowest BCUT2D eigenvalue weighted by atomic mass is 9.94. The fraction of sp³-hybridized carbons (Fsp3) is 0. The molecule has 10 rings (SSSR count). The monoisotopic (exact) mass is 741 g/mol. The van der Waals surface area contributed by atoms with Crippen LogP contribution in [0.2, 0.25) is 0 Å². The Hall–Kier alpha value is -7.68. The summed E-state index contributed by atoms with van der Waals surface area (Å²) in [5, 5.41) is 1.11. The lowest BCUT2D eigenvalue weighted by Gasteiger charge is -2.28. The van der Waals surface area contributed by atoms with Gasteiger partial charge in [-0.2, -0.15) is 0 Å². The standard InChI is InChI=1S/C56H39NO/c1-3-15-42(16-4-1)49-20-8-9-21-50(49)45-33-37-48(38-34-45)57(54-25-13-12-23-52(54)43-17-5-2-6-18-43)47-35-31-41(32-36-47)40-27-29-44(30-28-40)51-22-10-11-24-53(51)56-39-46-19-7-14-26-55(46)58-56/h1-39H. The molecule has 58 heavy (non-hydrogen) atoms. The van der Waals surface area contributed by atoms with Gasteiger partial charge < -0.3 is 9.32 Å². The predicted octanol–water partition coefficient (Wildman–Crippen LogP) is 15.9. The largest absolute Gasteiger partial charge is 0.456 e. The van der Waals surface area contributed by atoms with E-state index in [1.165, 1.54) is 33.4 Å². The number of anilines is 3. The number of fused-ring (bicyclic) bond motifs is 1. The lowest BCUT2D eigenvalue weighted by molar-refractivity contribution is 0.632. The van der Waals surface area contributed by atoms with Gasteiger partial charge in [0.15, 0.2) is 0 Å². The number of benzene rings is 9. The van der Waals surface area contributed by atoms with Gasteiger partial charge in [-0.05, 0) is 92.5 Å². The fourth-order valence-corrected chi connectivity index (χ4v) is 8.06. The van der Waals surface area contributed by atoms with Gasteiger partial charge in [0.1, 0.15) is 11.3 Å². The van der Waals surface area contributed by atoms with E-state index < -0.39 is 0 Å². The van der Waals surface area contributed by atoms with Crippen LogP contribution in [0.4, 0.5) is 17.1 Å². The minimum Gasteiger partial charge on any atom is -0.456 e. The molecule has 0 spiro atoms. The minimum atomic E-state index is 0.876. The Bertz CT molecular complexity index is 2930. The van der Waals surface area contributed by atoms with Crippen LogP contribution in [0.25, 0.3) is 77.9 Å². The number of hydrogen-bond acceptors (Lipinski definition) is 2. The van der Waals surface area contributed by atoms with Crippen molar-refractivity contribution in [3.63, 3.8) is 0 Å². The van der Waals surface area contributed by atoms with Crippen LogP contribution in [0.1, 0.15) is 0 Å². The van der Waals surface area contributed by atoms with Gasteiger partial charge in [0.25, 0.3) is 0 Å². The molecule has 274 valence electrons. The van der Waals surface area contributed by atoms with E-state index in [2.05, 4.69) is 223 Å². The Balaban J connectivity index is 0.996. The normalized spacial score (nSPS) is 11.1. The second-order valence-electron chi connectivity index (χ2n) is 14.5. The second kappa shape index (κ2) is 15.5. The van der Waals surface area contributed by atoms with E-state index in [0.29, 0.717) is 0 Å². The summed E-state index contributed by atoms with van der Waals surface area (Å²) >= 11 is 0. The highest BCUT2D eigenvalue weighted by Crippen LogP contribution is 2.43. The third-order valence-corrected chi connectivity index (χ3v) is 11.0. The number of nitrogens with zero attached hydrogens (tertiary/aromatic N) is 1. The first-order valence-corrected chi connectivity index (χ1v) is 19.8. The Morgan fingerprint density at radius 1 is 0.276 bits per heavy atom. The Labute approximate surface area is 339 Å². The van der Waals surface area contributed by atoms with E-state index in [0.717, 1.165) is 61.6 Å². The minimum absolute atomic E-state index is 0.876. The fourth-order valence-electron chi connectivity index (χ4n) is 8.06. The smallest absolute Gasteiger partial charge is 0.136 e. The highest BCUT2D eigenvalue weighted by molar-refractivity contribution is 5.91. The highest BCUT2D eigenvalue weighted by atomic mass is 16.3. The molecule has 0 fully saturated rings. The molecule has 0 aliphatic heterocycles. The molecule has 2 heteroatoms. The third-order valence-electron chi connectivity index (χ3n) is 11.0. The van der Waals surface area contributed by atoms with Crippen LogP contribution in [-0.2, 0) is 0 Å². The first kappa shape index (κ1) is 34.8. The molecule has 0 amide bonds. The van der Waals surface area contributed by atoms with Crippen molar-refractivity contribution >= 4 is 28.0 Å². The quantitative estimate of drug-likeness (QED) is 0.146. The van der Waals surface area contributed by atoms with Crippen molar-refractivity contribution in [2.24, 2.45) is 0 Å². The average Bonchev–Trinajstić information content (AvgIpc) is 3.75. The van der Waals surface area contributed by atoms with Crippen molar-refractivity contribution in [2.75, 3.05) is 4.90 Å². The van der Waals surface area contributed by atoms with Crippen molar-refractivity contribution < 1.29 is 4.42 Å². The summed E-state index contributed by atoms with van der Waals surface area (Å²) in [6.45, 7) is 0. The van der Waals surface area contributed by atoms with Gasteiger partial charge in [-0.3, -0.25) is 0 Å². The van der Waals surface area contributed by atoms with E-state index in [1.54, 1.807) is 0 Å². The summed E-state index contributed by atoms with van der Waals surface area (Å²) in [5.74, 6) is 0.876. The van der Waals surface area contributed by atoms with Crippen molar-refractivity contribution in [3.8, 4) is 67.0 Å². The molecule has 2 nitrogen and oxygen atoms in total. The number of furan rings is 1. The van der Waals surface area contributed by atoms with Crippen LogP contribution >= 0.6 is 0 Å². The molecule has 10 aromatic rings. The zero-order chi connectivity index (χ0) is 38.7. The number of hydrogen-bond donors (Lipinski definition) is 0. The Kier molecular flexibility index (Phi) is 9.27. The molecule has 0 radical (unpaired) electrons. The molecular formula is C56H39NO. The summed E-state index contributed by atoms with van der Waals surface area (Å²) < 4.78 is 6.28. The maximum Gasteiger partial charge on any atom is 0.136 e. The van der Waals surface area contributed by atoms with E-state index in [4.69, 9.17) is 4.42 Å². The molecular weight excluding hydrogens is 703 g/mol. The van der Waals surface area contributed by atoms with Gasteiger partial charge in [0.2, 0.25) is 0 Å². The Morgan fingerprint density at radius 2 is 0.655 bits per heavy atom. The van der Waals surface area contributed by atoms with E-state index in [-0.39, 0.29) is 0 Å². The number of para-hydroxylation sites is 2. The van der Waals surface area contributed by atoms with Gasteiger partial charge in [0, 0.05) is 27.9 Å². The topological polar surface area (TPSA) is 16.4 Å². The maximum atomic E-state index is 6.28. The van der Waals surface area contributed by atoms with Gasteiger partial charge >= 0.3 is 0 Å². The highest BCUT2D eigenvalue weighted by Gasteiger charge is 2.18. The van der Waals surface area contributed by atoms with Gasteiger partial charge in [-0.1, -0.05) is 194 Å². The van der Waals surface area contributed by atoms with Crippen molar-refractivity contribution in [2.45, 2.75) is 0 Å². The van der Waals surface area contributed by atoms with E-state index in [1.807, 2.05) is 18.2 Å². The van der Waals surface area contributed by atoms with Gasteiger partial charge in [0.05, 0.1) is 5.69 Å². The van der Waals surface area contributed by atoms with Crippen LogP contribution in [-0.4, -0.2) is 0 Å². The Morgan fingerprint density at radius 3 is 1.22 bits per heavy atom. The van der Waals surface area contributed by atoms with Crippen LogP contribution in [0.3, 0.4) is 0 Å². The summed E-state index contributed by atoms with van der Waals surface area (Å²) in [4.78, 5) is 2.37. The first-order valence-electron chi connectivity index (χ1n) is 19.8. The molecule has 0 aliphatic rings. The molecule has 0 atom stereocenters. The third kappa shape index (κ3) is 6.78. The SMILES string of the molecule is c1ccc(-c2ccccc2-c2ccc(N(c3ccc(-c4ccc(-c5ccccc5-c5cc6ccccc6o5)cc4)cc3)c3ccccc3-c3ccccc3)cc2)cc1. The lowest BCUT2D eigenvalue weighted by Crippen LogP contribution is -2.11. The van der Waals surface area contributed by atoms with E-state index >= 15 is 0 Å². The molecule has 9 aromatic carbocycles. The van der Waals surface area contributed by atoms with Crippen LogP contribution in [0, 0.1) is 0 Å². The molecule has 0 bridgehead atoms.